The number of pyridine rings is 1. The minimum atomic E-state index is -0.353. The van der Waals surface area contributed by atoms with Gasteiger partial charge in [-0.05, 0) is 37.1 Å². The number of halogens is 1. The van der Waals surface area contributed by atoms with Crippen molar-refractivity contribution in [2.75, 3.05) is 40.0 Å². The molecule has 1 unspecified atom stereocenters. The van der Waals surface area contributed by atoms with Crippen LogP contribution >= 0.6 is 0 Å². The number of methoxy groups -OCH3 is 1. The molecule has 35 heavy (non-hydrogen) atoms. The summed E-state index contributed by atoms with van der Waals surface area (Å²) in [5.41, 5.74) is 5.21. The number of ether oxygens (including phenoxy) is 2. The molecule has 1 aliphatic rings. The molecule has 0 N–H and O–H groups in total. The van der Waals surface area contributed by atoms with Crippen molar-refractivity contribution < 1.29 is 18.4 Å². The van der Waals surface area contributed by atoms with Gasteiger partial charge in [-0.3, -0.25) is 4.90 Å². The predicted octanol–water partition coefficient (Wildman–Crippen LogP) is 4.22. The van der Waals surface area contributed by atoms with Crippen LogP contribution in [-0.2, 0) is 17.7 Å². The second-order valence-electron chi connectivity index (χ2n) is 9.03. The first-order chi connectivity index (χ1) is 17.0. The highest BCUT2D eigenvalue weighted by atomic mass is 19.1. The summed E-state index contributed by atoms with van der Waals surface area (Å²) in [6, 6.07) is 7.16. The summed E-state index contributed by atoms with van der Waals surface area (Å²) in [6.45, 7) is 9.06. The van der Waals surface area contributed by atoms with Gasteiger partial charge in [0.25, 0.3) is 0 Å². The van der Waals surface area contributed by atoms with Crippen LogP contribution in [0.1, 0.15) is 29.9 Å². The molecule has 0 amide bonds. The lowest BCUT2D eigenvalue weighted by Crippen LogP contribution is -2.38. The number of aromatic nitrogens is 4. The fraction of sp³-hybridized carbons (Fsp3) is 0.423. The number of imidazole rings is 1. The van der Waals surface area contributed by atoms with Gasteiger partial charge in [0.1, 0.15) is 17.6 Å². The van der Waals surface area contributed by atoms with E-state index in [-0.39, 0.29) is 17.5 Å². The lowest BCUT2D eigenvalue weighted by molar-refractivity contribution is 0.0364. The van der Waals surface area contributed by atoms with Gasteiger partial charge < -0.3 is 18.6 Å². The van der Waals surface area contributed by atoms with Crippen molar-refractivity contribution in [3.8, 4) is 16.9 Å². The highest BCUT2D eigenvalue weighted by Gasteiger charge is 2.21. The van der Waals surface area contributed by atoms with Gasteiger partial charge in [0.05, 0.1) is 26.0 Å². The molecule has 0 radical (unpaired) electrons. The Morgan fingerprint density at radius 1 is 1.17 bits per heavy atom. The van der Waals surface area contributed by atoms with Crippen LogP contribution in [0, 0.1) is 12.7 Å². The smallest absolute Gasteiger partial charge is 0.165 e. The quantitative estimate of drug-likeness (QED) is 0.374. The molecule has 4 heterocycles. The van der Waals surface area contributed by atoms with E-state index in [2.05, 4.69) is 21.5 Å². The van der Waals surface area contributed by atoms with E-state index < -0.39 is 0 Å². The zero-order valence-electron chi connectivity index (χ0n) is 20.3. The Hall–Kier alpha value is -3.30. The molecule has 5 rings (SSSR count). The third-order valence-corrected chi connectivity index (χ3v) is 6.62. The Bertz CT molecular complexity index is 1310. The first-order valence-corrected chi connectivity index (χ1v) is 11.9. The molecule has 9 heteroatoms. The van der Waals surface area contributed by atoms with Crippen LogP contribution in [0.15, 0.2) is 41.2 Å². The van der Waals surface area contributed by atoms with Crippen molar-refractivity contribution in [1.29, 1.82) is 0 Å². The van der Waals surface area contributed by atoms with Gasteiger partial charge in [-0.1, -0.05) is 18.1 Å². The first-order valence-electron chi connectivity index (χ1n) is 11.9. The molecular formula is C26H30FN5O3. The topological polar surface area (TPSA) is 78.4 Å². The van der Waals surface area contributed by atoms with Gasteiger partial charge in [-0.2, -0.15) is 0 Å². The molecule has 0 saturated carbocycles. The standard InChI is InChI=1S/C26H30FN5O3/c1-17(12-19-4-5-24(33-3)22(27)13-19)25-29-23-14-20(21-16-35-30-18(21)2)15-28-26(23)32(25)7-6-31-8-10-34-11-9-31/h4-5,13-17H,6-12H2,1-3H3. The number of benzene rings is 1. The van der Waals surface area contributed by atoms with E-state index in [1.54, 1.807) is 18.4 Å². The fourth-order valence-corrected chi connectivity index (χ4v) is 4.69. The number of hydrogen-bond acceptors (Lipinski definition) is 7. The molecule has 1 aromatic carbocycles. The van der Waals surface area contributed by atoms with E-state index >= 15 is 0 Å². The van der Waals surface area contributed by atoms with Crippen molar-refractivity contribution in [2.24, 2.45) is 0 Å². The monoisotopic (exact) mass is 479 g/mol. The highest BCUT2D eigenvalue weighted by molar-refractivity contribution is 5.79. The number of aryl methyl sites for hydroxylation is 1. The van der Waals surface area contributed by atoms with Gasteiger partial charge in [0.15, 0.2) is 17.2 Å². The molecule has 3 aromatic heterocycles. The molecular weight excluding hydrogens is 449 g/mol. The van der Waals surface area contributed by atoms with E-state index in [4.69, 9.17) is 24.0 Å². The van der Waals surface area contributed by atoms with E-state index in [0.29, 0.717) is 6.42 Å². The van der Waals surface area contributed by atoms with Gasteiger partial charge in [-0.25, -0.2) is 14.4 Å². The Balaban J connectivity index is 1.48. The van der Waals surface area contributed by atoms with Crippen LogP contribution in [0.3, 0.4) is 0 Å². The van der Waals surface area contributed by atoms with E-state index in [9.17, 15) is 4.39 Å². The molecule has 0 bridgehead atoms. The molecule has 0 aliphatic carbocycles. The number of morpholine rings is 1. The lowest BCUT2D eigenvalue weighted by Gasteiger charge is -2.27. The molecule has 1 saturated heterocycles. The maximum atomic E-state index is 14.3. The van der Waals surface area contributed by atoms with Crippen LogP contribution in [0.4, 0.5) is 4.39 Å². The second kappa shape index (κ2) is 10.1. The van der Waals surface area contributed by atoms with Crippen LogP contribution in [0.2, 0.25) is 0 Å². The van der Waals surface area contributed by atoms with E-state index in [0.717, 1.165) is 78.8 Å². The summed E-state index contributed by atoms with van der Waals surface area (Å²) in [5.74, 6) is 0.895. The van der Waals surface area contributed by atoms with Crippen molar-refractivity contribution in [3.05, 3.63) is 59.6 Å². The van der Waals surface area contributed by atoms with E-state index in [1.165, 1.54) is 7.11 Å². The molecule has 1 atom stereocenters. The Morgan fingerprint density at radius 2 is 2.00 bits per heavy atom. The van der Waals surface area contributed by atoms with Gasteiger partial charge >= 0.3 is 0 Å². The first kappa shape index (κ1) is 23.4. The van der Waals surface area contributed by atoms with E-state index in [1.807, 2.05) is 25.3 Å². The van der Waals surface area contributed by atoms with Crippen LogP contribution in [-0.4, -0.2) is 64.5 Å². The SMILES string of the molecule is COc1ccc(CC(C)c2nc3cc(-c4conc4C)cnc3n2CCN2CCOCC2)cc1F. The number of fused-ring (bicyclic) bond motifs is 1. The van der Waals surface area contributed by atoms with Crippen molar-refractivity contribution >= 4 is 11.2 Å². The normalized spacial score (nSPS) is 15.5. The second-order valence-corrected chi connectivity index (χ2v) is 9.03. The molecule has 184 valence electrons. The fourth-order valence-electron chi connectivity index (χ4n) is 4.69. The van der Waals surface area contributed by atoms with Gasteiger partial charge in [0, 0.05) is 49.4 Å². The third kappa shape index (κ3) is 4.92. The molecule has 1 aliphatic heterocycles. The van der Waals surface area contributed by atoms with Crippen molar-refractivity contribution in [2.45, 2.75) is 32.7 Å². The minimum Gasteiger partial charge on any atom is -0.494 e. The summed E-state index contributed by atoms with van der Waals surface area (Å²) < 4.78 is 32.2. The zero-order chi connectivity index (χ0) is 24.4. The molecule has 4 aromatic rings. The van der Waals surface area contributed by atoms with Crippen LogP contribution < -0.4 is 4.74 Å². The Labute approximate surface area is 203 Å². The summed E-state index contributed by atoms with van der Waals surface area (Å²) >= 11 is 0. The number of rotatable bonds is 8. The average molecular weight is 480 g/mol. The summed E-state index contributed by atoms with van der Waals surface area (Å²) in [7, 11) is 1.47. The molecule has 0 spiro atoms. The van der Waals surface area contributed by atoms with Crippen LogP contribution in [0.5, 0.6) is 5.75 Å². The Kier molecular flexibility index (Phi) is 6.79. The third-order valence-electron chi connectivity index (χ3n) is 6.62. The average Bonchev–Trinajstić information content (AvgIpc) is 3.46. The maximum absolute atomic E-state index is 14.3. The molecule has 1 fully saturated rings. The summed E-state index contributed by atoms with van der Waals surface area (Å²) in [5, 5.41) is 3.99. The zero-order valence-corrected chi connectivity index (χ0v) is 20.3. The van der Waals surface area contributed by atoms with Crippen molar-refractivity contribution in [3.63, 3.8) is 0 Å². The Morgan fingerprint density at radius 3 is 2.71 bits per heavy atom. The minimum absolute atomic E-state index is 0.0578. The molecule has 8 nitrogen and oxygen atoms in total. The van der Waals surface area contributed by atoms with Gasteiger partial charge in [0.2, 0.25) is 0 Å². The summed E-state index contributed by atoms with van der Waals surface area (Å²) in [6.07, 6.45) is 4.14. The van der Waals surface area contributed by atoms with Crippen LogP contribution in [0.25, 0.3) is 22.3 Å². The van der Waals surface area contributed by atoms with Gasteiger partial charge in [-0.15, -0.1) is 0 Å². The maximum Gasteiger partial charge on any atom is 0.165 e. The lowest BCUT2D eigenvalue weighted by atomic mass is 10.00. The summed E-state index contributed by atoms with van der Waals surface area (Å²) in [4.78, 5) is 12.2. The largest absolute Gasteiger partial charge is 0.494 e. The number of hydrogen-bond donors (Lipinski definition) is 0. The predicted molar refractivity (Wildman–Crippen MR) is 130 cm³/mol. The highest BCUT2D eigenvalue weighted by Crippen LogP contribution is 2.29. The number of nitrogens with zero attached hydrogens (tertiary/aromatic N) is 5. The van der Waals surface area contributed by atoms with Crippen molar-refractivity contribution in [1.82, 2.24) is 24.6 Å².